The van der Waals surface area contributed by atoms with Crippen molar-refractivity contribution in [3.63, 3.8) is 0 Å². The van der Waals surface area contributed by atoms with Crippen LogP contribution in [-0.4, -0.2) is 19.5 Å². The average Bonchev–Trinajstić information content (AvgIpc) is 2.27. The first kappa shape index (κ1) is 14.8. The van der Waals surface area contributed by atoms with Crippen LogP contribution in [-0.2, 0) is 0 Å². The Labute approximate surface area is 357 Å². The topological polar surface area (TPSA) is 43.6 Å². The molecule has 0 spiro atoms. The van der Waals surface area contributed by atoms with Gasteiger partial charge in [-0.25, -0.2) is 15.0 Å². The molecule has 2 aromatic heterocycles. The van der Waals surface area contributed by atoms with Gasteiger partial charge in [-0.2, -0.15) is 0 Å². The summed E-state index contributed by atoms with van der Waals surface area (Å²) in [6.07, 6.45) is 0. The third-order valence-corrected chi connectivity index (χ3v) is 8.44. The highest BCUT2D eigenvalue weighted by atomic mass is 15.1. The predicted molar refractivity (Wildman–Crippen MR) is 227 cm³/mol. The van der Waals surface area contributed by atoms with Gasteiger partial charge in [-0.3, -0.25) is 0 Å². The molecule has 258 valence electrons. The smallest absolute Gasteiger partial charge is 0.166 e. The van der Waals surface area contributed by atoms with Crippen molar-refractivity contribution in [1.29, 1.82) is 0 Å². The number of fused-ring (bicyclic) bond motifs is 3. The van der Waals surface area contributed by atoms with E-state index in [2.05, 4.69) is 9.97 Å². The summed E-state index contributed by atoms with van der Waals surface area (Å²) in [5.41, 5.74) is -4.51. The Hall–Kier alpha value is -7.43. The lowest BCUT2D eigenvalue weighted by Gasteiger charge is -2.17. The summed E-state index contributed by atoms with van der Waals surface area (Å²) in [4.78, 5) is 14.0. The van der Waals surface area contributed by atoms with E-state index in [-0.39, 0.29) is 33.5 Å². The molecule has 4 nitrogen and oxygen atoms in total. The molecular weight excluding hydrogens is 669 g/mol. The lowest BCUT2D eigenvalue weighted by molar-refractivity contribution is 1.06. The SMILES string of the molecule is [2H]c1c([2H])c([2H])c(-c2cccc(-c3nc(-c4cc(-c5c([2H])c([2H])c([2H])c([2H])c5[2H])ccc4-n4c5c([2H])c([2H])c([2H])c([2H])c5c5c([2H])c([2H])c(-c6c([2H])c([2H])c([2H])c([2H])c6[2H])c([2H])c54)nc(-c4c([2H])c([2H])c([2H])c([2H])c4[2H])n3)c2)c([2H])c1[2H]. The van der Waals surface area contributed by atoms with E-state index < -0.39 is 225 Å². The molecule has 55 heavy (non-hydrogen) atoms. The number of nitrogens with zero attached hydrogens (tertiary/aromatic N) is 4. The van der Waals surface area contributed by atoms with E-state index in [4.69, 9.17) is 35.1 Å². The number of aromatic nitrogens is 4. The number of rotatable bonds is 7. The van der Waals surface area contributed by atoms with Crippen LogP contribution in [0.3, 0.4) is 0 Å². The molecule has 0 bridgehead atoms. The van der Waals surface area contributed by atoms with E-state index in [1.807, 2.05) is 0 Å². The van der Waals surface area contributed by atoms with Crippen LogP contribution in [0.15, 0.2) is 206 Å². The second-order valence-electron chi connectivity index (χ2n) is 11.7. The third-order valence-electron chi connectivity index (χ3n) is 8.44. The Balaban J connectivity index is 1.43. The highest BCUT2D eigenvalue weighted by Gasteiger charge is 2.21. The van der Waals surface area contributed by atoms with Gasteiger partial charge in [-0.05, 0) is 63.7 Å². The maximum Gasteiger partial charge on any atom is 0.166 e. The molecule has 4 heteroatoms. The maximum atomic E-state index is 9.93. The van der Waals surface area contributed by atoms with Crippen molar-refractivity contribution in [3.05, 3.63) is 206 Å². The monoisotopic (exact) mass is 729 g/mol. The normalized spacial score (nSPS) is 18.1. The summed E-state index contributed by atoms with van der Waals surface area (Å²) >= 11 is 0. The van der Waals surface area contributed by atoms with Gasteiger partial charge in [-0.15, -0.1) is 0 Å². The van der Waals surface area contributed by atoms with Crippen molar-refractivity contribution >= 4 is 21.8 Å². The van der Waals surface area contributed by atoms with E-state index >= 15 is 0 Å². The molecule has 0 aliphatic heterocycles. The second-order valence-corrected chi connectivity index (χ2v) is 11.7. The van der Waals surface area contributed by atoms with Crippen LogP contribution >= 0.6 is 0 Å². The fourth-order valence-corrected chi connectivity index (χ4v) is 6.02. The van der Waals surface area contributed by atoms with Crippen molar-refractivity contribution in [2.45, 2.75) is 0 Å². The van der Waals surface area contributed by atoms with Crippen LogP contribution < -0.4 is 0 Å². The molecule has 10 aromatic rings. The van der Waals surface area contributed by atoms with Crippen molar-refractivity contribution in [2.75, 3.05) is 0 Å². The average molecular weight is 730 g/mol. The number of hydrogen-bond donors (Lipinski definition) is 0. The number of benzene rings is 8. The molecule has 2 heterocycles. The molecule has 0 amide bonds. The highest BCUT2D eigenvalue weighted by molar-refractivity contribution is 6.10. The van der Waals surface area contributed by atoms with Gasteiger partial charge in [0.15, 0.2) is 17.5 Å². The van der Waals surface area contributed by atoms with Gasteiger partial charge in [-0.1, -0.05) is 175 Å². The lowest BCUT2D eigenvalue weighted by atomic mass is 10.0. The van der Waals surface area contributed by atoms with Crippen LogP contribution in [0.25, 0.3) is 95.0 Å². The number of para-hydroxylation sites is 1. The van der Waals surface area contributed by atoms with E-state index in [9.17, 15) is 6.85 Å². The van der Waals surface area contributed by atoms with E-state index in [0.29, 0.717) is 0 Å². The summed E-state index contributed by atoms with van der Waals surface area (Å²) in [5, 5.41) is -0.906. The second kappa shape index (κ2) is 13.8. The Morgan fingerprint density at radius 2 is 0.873 bits per heavy atom. The predicted octanol–water partition coefficient (Wildman–Crippen LogP) is 13.0. The van der Waals surface area contributed by atoms with Gasteiger partial charge in [0.2, 0.25) is 0 Å². The first-order chi connectivity index (χ1) is 38.5. The van der Waals surface area contributed by atoms with Crippen LogP contribution in [0.2, 0.25) is 0 Å². The zero-order valence-corrected chi connectivity index (χ0v) is 27.8. The molecule has 0 unspecified atom stereocenters. The van der Waals surface area contributed by atoms with Crippen LogP contribution in [0, 0.1) is 0 Å². The third kappa shape index (κ3) is 6.06. The van der Waals surface area contributed by atoms with Gasteiger partial charge in [0, 0.05) is 27.5 Å². The lowest BCUT2D eigenvalue weighted by Crippen LogP contribution is -2.04. The molecule has 8 aromatic carbocycles. The minimum Gasteiger partial charge on any atom is -0.308 e. The van der Waals surface area contributed by atoms with Gasteiger partial charge in [0.1, 0.15) is 0 Å². The molecule has 0 atom stereocenters. The minimum absolute atomic E-state index is 0.0191. The van der Waals surface area contributed by atoms with E-state index in [1.165, 1.54) is 42.5 Å². The van der Waals surface area contributed by atoms with Gasteiger partial charge in [0.05, 0.1) is 53.7 Å². The Morgan fingerprint density at radius 1 is 0.364 bits per heavy atom. The standard InChI is InChI=1S/C51H34N4/c1-5-16-35(17-6-1)39-24-15-25-42(32-39)50-52-49(38-22-11-4-12-23-38)53-51(54-50)45-33-40(36-18-7-2-8-19-36)29-31-47(45)55-46-27-14-13-26-43(46)44-30-28-41(34-48(44)55)37-20-9-3-10-21-37/h1-34H/i1D,2D,3D,4D,5D,6D,7D,8D,9D,10D,11D,12D,13D,14D,16D,17D,18D,19D,20D,21D,22D,23D,26D,27D,28D,30D,34D. The zero-order chi connectivity index (χ0) is 60.1. The van der Waals surface area contributed by atoms with E-state index in [1.54, 1.807) is 0 Å². The first-order valence-electron chi connectivity index (χ1n) is 29.8. The molecule has 0 aliphatic carbocycles. The van der Waals surface area contributed by atoms with Gasteiger partial charge < -0.3 is 4.57 Å². The van der Waals surface area contributed by atoms with Gasteiger partial charge >= 0.3 is 0 Å². The van der Waals surface area contributed by atoms with Crippen molar-refractivity contribution < 1.29 is 37.0 Å². The Kier molecular flexibility index (Phi) is 3.72. The molecule has 0 saturated carbocycles. The Bertz CT molecular complexity index is 4440. The quantitative estimate of drug-likeness (QED) is 0.164. The van der Waals surface area contributed by atoms with Gasteiger partial charge in [0.25, 0.3) is 0 Å². The summed E-state index contributed by atoms with van der Waals surface area (Å²) in [7, 11) is 0. The fraction of sp³-hybridized carbons (Fsp3) is 0. The van der Waals surface area contributed by atoms with Crippen molar-refractivity contribution in [3.8, 4) is 73.2 Å². The van der Waals surface area contributed by atoms with Crippen LogP contribution in [0.5, 0.6) is 0 Å². The Morgan fingerprint density at radius 3 is 1.55 bits per heavy atom. The molecule has 0 saturated heterocycles. The molecule has 0 fully saturated rings. The van der Waals surface area contributed by atoms with Crippen molar-refractivity contribution in [2.24, 2.45) is 0 Å². The molecule has 0 radical (unpaired) electrons. The number of hydrogen-bond acceptors (Lipinski definition) is 3. The molecule has 0 aliphatic rings. The highest BCUT2D eigenvalue weighted by Crippen LogP contribution is 2.39. The fourth-order valence-electron chi connectivity index (χ4n) is 6.02. The largest absolute Gasteiger partial charge is 0.308 e. The first-order valence-corrected chi connectivity index (χ1v) is 16.3. The minimum atomic E-state index is -0.879. The zero-order valence-electron chi connectivity index (χ0n) is 54.8. The molecule has 0 N–H and O–H groups in total. The van der Waals surface area contributed by atoms with Crippen LogP contribution in [0.4, 0.5) is 0 Å². The summed E-state index contributed by atoms with van der Waals surface area (Å²) in [6, 6.07) is -11.9. The van der Waals surface area contributed by atoms with Crippen molar-refractivity contribution in [1.82, 2.24) is 19.5 Å². The summed E-state index contributed by atoms with van der Waals surface area (Å²) in [6.45, 7) is 0. The van der Waals surface area contributed by atoms with Crippen LogP contribution in [0.1, 0.15) is 37.0 Å². The van der Waals surface area contributed by atoms with E-state index in [0.717, 1.165) is 4.57 Å². The summed E-state index contributed by atoms with van der Waals surface area (Å²) in [5.74, 6) is -1.60. The maximum absolute atomic E-state index is 9.93. The molecular formula is C51H34N4. The molecule has 10 rings (SSSR count). The summed E-state index contributed by atoms with van der Waals surface area (Å²) < 4.78 is 238.